The van der Waals surface area contributed by atoms with Crippen LogP contribution in [0.3, 0.4) is 0 Å². The maximum absolute atomic E-state index is 5.28. The topological polar surface area (TPSA) is 33.3 Å². The van der Waals surface area contributed by atoms with Gasteiger partial charge in [0.25, 0.3) is 0 Å². The van der Waals surface area contributed by atoms with Gasteiger partial charge in [0.2, 0.25) is 0 Å². The largest absolute Gasteiger partial charge is 0.496 e. The van der Waals surface area contributed by atoms with Gasteiger partial charge in [0.1, 0.15) is 5.75 Å². The zero-order chi connectivity index (χ0) is 11.5. The molecule has 0 aromatic heterocycles. The fraction of sp³-hybridized carbons (Fsp3) is 0.538. The van der Waals surface area contributed by atoms with Crippen LogP contribution in [0.2, 0.25) is 0 Å². The van der Waals surface area contributed by atoms with Crippen LogP contribution in [0.5, 0.6) is 5.75 Å². The van der Waals surface area contributed by atoms with Crippen molar-refractivity contribution in [2.75, 3.05) is 27.2 Å². The van der Waals surface area contributed by atoms with Crippen molar-refractivity contribution in [3.63, 3.8) is 0 Å². The Morgan fingerprint density at radius 1 is 1.44 bits per heavy atom. The molecule has 2 rings (SSSR count). The van der Waals surface area contributed by atoms with E-state index in [0.29, 0.717) is 12.0 Å². The van der Waals surface area contributed by atoms with Gasteiger partial charge >= 0.3 is 0 Å². The molecule has 1 fully saturated rings. The number of aryl methyl sites for hydroxylation is 1. The molecule has 1 aliphatic rings. The van der Waals surface area contributed by atoms with Crippen LogP contribution in [0.25, 0.3) is 0 Å². The van der Waals surface area contributed by atoms with Crippen molar-refractivity contribution in [1.29, 1.82) is 0 Å². The van der Waals surface area contributed by atoms with E-state index >= 15 is 0 Å². The Balaban J connectivity index is 2.21. The van der Waals surface area contributed by atoms with Gasteiger partial charge in [-0.25, -0.2) is 0 Å². The van der Waals surface area contributed by atoms with Gasteiger partial charge in [-0.15, -0.1) is 0 Å². The lowest BCUT2D eigenvalue weighted by Crippen LogP contribution is -2.48. The summed E-state index contributed by atoms with van der Waals surface area (Å²) in [7, 11) is 3.75. The van der Waals surface area contributed by atoms with Gasteiger partial charge < -0.3 is 15.4 Å². The molecule has 1 aromatic rings. The normalized spacial score (nSPS) is 17.9. The van der Waals surface area contributed by atoms with Crippen LogP contribution >= 0.6 is 0 Å². The van der Waals surface area contributed by atoms with Crippen molar-refractivity contribution >= 4 is 0 Å². The number of hydrogen-bond donors (Lipinski definition) is 2. The molecule has 1 aromatic carbocycles. The monoisotopic (exact) mass is 220 g/mol. The van der Waals surface area contributed by atoms with E-state index in [1.807, 2.05) is 7.05 Å². The van der Waals surface area contributed by atoms with Crippen molar-refractivity contribution < 1.29 is 4.74 Å². The van der Waals surface area contributed by atoms with Crippen molar-refractivity contribution in [2.45, 2.75) is 13.0 Å². The van der Waals surface area contributed by atoms with Crippen LogP contribution in [-0.2, 0) is 0 Å². The Hall–Kier alpha value is -1.06. The maximum Gasteiger partial charge on any atom is 0.121 e. The predicted octanol–water partition coefficient (Wildman–Crippen LogP) is 1.48. The molecule has 2 N–H and O–H groups in total. The number of nitrogens with one attached hydrogen (secondary N) is 2. The molecule has 3 heteroatoms. The lowest BCUT2D eigenvalue weighted by atomic mass is 9.88. The zero-order valence-corrected chi connectivity index (χ0v) is 10.2. The summed E-state index contributed by atoms with van der Waals surface area (Å²) in [4.78, 5) is 0. The Labute approximate surface area is 97.2 Å². The van der Waals surface area contributed by atoms with E-state index in [0.717, 1.165) is 18.8 Å². The third-order valence-corrected chi connectivity index (χ3v) is 3.37. The molecule has 88 valence electrons. The highest BCUT2D eigenvalue weighted by atomic mass is 16.5. The standard InChI is InChI=1S/C13H20N2O/c1-9-6-10(4-5-12(9)16-3)13(14-2)11-7-15-8-11/h4-6,11,13-15H,7-8H2,1-3H3. The van der Waals surface area contributed by atoms with Gasteiger partial charge in [0, 0.05) is 25.0 Å². The first-order chi connectivity index (χ1) is 7.76. The molecule has 0 bridgehead atoms. The fourth-order valence-corrected chi connectivity index (χ4v) is 2.32. The van der Waals surface area contributed by atoms with Gasteiger partial charge in [-0.2, -0.15) is 0 Å². The third-order valence-electron chi connectivity index (χ3n) is 3.37. The van der Waals surface area contributed by atoms with Crippen LogP contribution in [0.4, 0.5) is 0 Å². The Bertz CT molecular complexity index is 361. The van der Waals surface area contributed by atoms with Gasteiger partial charge in [0.05, 0.1) is 7.11 Å². The fourth-order valence-electron chi connectivity index (χ4n) is 2.32. The Morgan fingerprint density at radius 3 is 2.62 bits per heavy atom. The number of methoxy groups -OCH3 is 1. The van der Waals surface area contributed by atoms with E-state index in [9.17, 15) is 0 Å². The highest BCUT2D eigenvalue weighted by Gasteiger charge is 2.27. The zero-order valence-electron chi connectivity index (χ0n) is 10.2. The minimum atomic E-state index is 0.450. The van der Waals surface area contributed by atoms with Gasteiger partial charge in [-0.1, -0.05) is 12.1 Å². The van der Waals surface area contributed by atoms with E-state index < -0.39 is 0 Å². The second-order valence-electron chi connectivity index (χ2n) is 4.41. The molecule has 1 unspecified atom stereocenters. The molecule has 0 aliphatic carbocycles. The first kappa shape index (κ1) is 11.4. The molecule has 0 amide bonds. The average Bonchev–Trinajstić information content (AvgIpc) is 2.23. The molecule has 1 heterocycles. The lowest BCUT2D eigenvalue weighted by Gasteiger charge is -2.35. The molecule has 1 saturated heterocycles. The molecular formula is C13H20N2O. The quantitative estimate of drug-likeness (QED) is 0.806. The minimum absolute atomic E-state index is 0.450. The Kier molecular flexibility index (Phi) is 3.46. The van der Waals surface area contributed by atoms with Crippen molar-refractivity contribution in [3.8, 4) is 5.75 Å². The van der Waals surface area contributed by atoms with Crippen LogP contribution < -0.4 is 15.4 Å². The van der Waals surface area contributed by atoms with Crippen LogP contribution in [-0.4, -0.2) is 27.2 Å². The summed E-state index contributed by atoms with van der Waals surface area (Å²) in [6.45, 7) is 4.31. The van der Waals surface area contributed by atoms with Crippen molar-refractivity contribution in [1.82, 2.24) is 10.6 Å². The van der Waals surface area contributed by atoms with Gasteiger partial charge in [-0.05, 0) is 31.2 Å². The molecule has 16 heavy (non-hydrogen) atoms. The maximum atomic E-state index is 5.28. The average molecular weight is 220 g/mol. The molecule has 0 radical (unpaired) electrons. The molecule has 1 aliphatic heterocycles. The van der Waals surface area contributed by atoms with E-state index in [-0.39, 0.29) is 0 Å². The second kappa shape index (κ2) is 4.85. The molecule has 3 nitrogen and oxygen atoms in total. The summed E-state index contributed by atoms with van der Waals surface area (Å²) in [5, 5.41) is 6.72. The Morgan fingerprint density at radius 2 is 2.19 bits per heavy atom. The highest BCUT2D eigenvalue weighted by molar-refractivity contribution is 5.37. The molecule has 1 atom stereocenters. The van der Waals surface area contributed by atoms with Crippen molar-refractivity contribution in [2.24, 2.45) is 5.92 Å². The van der Waals surface area contributed by atoms with Crippen LogP contribution in [0, 0.1) is 12.8 Å². The minimum Gasteiger partial charge on any atom is -0.496 e. The van der Waals surface area contributed by atoms with Crippen LogP contribution in [0.1, 0.15) is 17.2 Å². The molecule has 0 saturated carbocycles. The number of rotatable bonds is 4. The summed E-state index contributed by atoms with van der Waals surface area (Å²) in [5.41, 5.74) is 2.56. The summed E-state index contributed by atoms with van der Waals surface area (Å²) in [5.74, 6) is 1.67. The highest BCUT2D eigenvalue weighted by Crippen LogP contribution is 2.28. The summed E-state index contributed by atoms with van der Waals surface area (Å²) in [6.07, 6.45) is 0. The lowest BCUT2D eigenvalue weighted by molar-refractivity contribution is 0.267. The summed E-state index contributed by atoms with van der Waals surface area (Å²) in [6, 6.07) is 6.89. The number of benzene rings is 1. The summed E-state index contributed by atoms with van der Waals surface area (Å²) >= 11 is 0. The summed E-state index contributed by atoms with van der Waals surface area (Å²) < 4.78 is 5.28. The van der Waals surface area contributed by atoms with E-state index in [1.54, 1.807) is 7.11 Å². The third kappa shape index (κ3) is 2.06. The second-order valence-corrected chi connectivity index (χ2v) is 4.41. The van der Waals surface area contributed by atoms with E-state index in [2.05, 4.69) is 35.8 Å². The molecule has 0 spiro atoms. The first-order valence-corrected chi connectivity index (χ1v) is 5.78. The van der Waals surface area contributed by atoms with Gasteiger partial charge in [-0.3, -0.25) is 0 Å². The van der Waals surface area contributed by atoms with Crippen molar-refractivity contribution in [3.05, 3.63) is 29.3 Å². The van der Waals surface area contributed by atoms with Gasteiger partial charge in [0.15, 0.2) is 0 Å². The number of hydrogen-bond acceptors (Lipinski definition) is 3. The van der Waals surface area contributed by atoms with Crippen LogP contribution in [0.15, 0.2) is 18.2 Å². The predicted molar refractivity (Wildman–Crippen MR) is 65.9 cm³/mol. The first-order valence-electron chi connectivity index (χ1n) is 5.78. The smallest absolute Gasteiger partial charge is 0.121 e. The van der Waals surface area contributed by atoms with E-state index in [1.165, 1.54) is 11.1 Å². The SMILES string of the molecule is CNC(c1ccc(OC)c(C)c1)C1CNC1. The number of ether oxygens (including phenoxy) is 1. The molecular weight excluding hydrogens is 200 g/mol. The van der Waals surface area contributed by atoms with E-state index in [4.69, 9.17) is 4.74 Å².